The van der Waals surface area contributed by atoms with Crippen molar-refractivity contribution in [2.75, 3.05) is 42.8 Å². The first-order chi connectivity index (χ1) is 20.1. The van der Waals surface area contributed by atoms with Gasteiger partial charge in [0.15, 0.2) is 5.13 Å². The van der Waals surface area contributed by atoms with Crippen molar-refractivity contribution in [1.29, 1.82) is 0 Å². The van der Waals surface area contributed by atoms with E-state index >= 15 is 0 Å². The van der Waals surface area contributed by atoms with Gasteiger partial charge in [-0.3, -0.25) is 9.59 Å². The summed E-state index contributed by atoms with van der Waals surface area (Å²) in [6.07, 6.45) is 4.91. The number of hydrogen-bond donors (Lipinski definition) is 4. The number of amides is 2. The standard InChI is InChI=1S/C29H32N8O3S/c1-40-12-4-10-30-22-8-7-20(28(39)37-11-9-23-25(17-37)35-36-34-23)15-24(22)33-27(38)26-16-31-29(41-26)32-21-13-18-5-2-3-6-19(18)14-21/h2-3,5-8,15-16,21,30H,4,9-14,17H2,1H3,(H,31,32)(H,33,38)(H,34,35,36). The van der Waals surface area contributed by atoms with E-state index in [1.165, 1.54) is 22.5 Å². The van der Waals surface area contributed by atoms with Crippen LogP contribution >= 0.6 is 11.3 Å². The van der Waals surface area contributed by atoms with E-state index in [0.29, 0.717) is 53.9 Å². The average Bonchev–Trinajstić information content (AvgIpc) is 3.75. The molecule has 2 aromatic carbocycles. The predicted octanol–water partition coefficient (Wildman–Crippen LogP) is 3.74. The molecular formula is C29H32N8O3S. The zero-order valence-corrected chi connectivity index (χ0v) is 23.6. The molecule has 4 aromatic rings. The lowest BCUT2D eigenvalue weighted by atomic mass is 10.1. The second kappa shape index (κ2) is 12.1. The summed E-state index contributed by atoms with van der Waals surface area (Å²) in [6, 6.07) is 14.0. The van der Waals surface area contributed by atoms with Gasteiger partial charge in [-0.05, 0) is 48.6 Å². The molecular weight excluding hydrogens is 540 g/mol. The number of thiazole rings is 1. The molecule has 11 nitrogen and oxygen atoms in total. The topological polar surface area (TPSA) is 137 Å². The first-order valence-electron chi connectivity index (χ1n) is 13.7. The van der Waals surface area contributed by atoms with Gasteiger partial charge in [0.2, 0.25) is 0 Å². The van der Waals surface area contributed by atoms with Crippen LogP contribution in [0.15, 0.2) is 48.7 Å². The predicted molar refractivity (Wildman–Crippen MR) is 158 cm³/mol. The minimum atomic E-state index is -0.278. The smallest absolute Gasteiger partial charge is 0.267 e. The molecule has 41 heavy (non-hydrogen) atoms. The fraction of sp³-hybridized carbons (Fsp3) is 0.345. The minimum absolute atomic E-state index is 0.123. The Bertz CT molecular complexity index is 1530. The van der Waals surface area contributed by atoms with Crippen molar-refractivity contribution in [2.45, 2.75) is 38.3 Å². The molecule has 12 heteroatoms. The Labute approximate surface area is 241 Å². The summed E-state index contributed by atoms with van der Waals surface area (Å²) < 4.78 is 5.15. The van der Waals surface area contributed by atoms with Gasteiger partial charge in [-0.2, -0.15) is 15.4 Å². The SMILES string of the molecule is COCCCNc1ccc(C(=O)N2CCc3n[nH]nc3C2)cc1NC(=O)c1cnc(NC2Cc3ccccc3C2)s1. The summed E-state index contributed by atoms with van der Waals surface area (Å²) >= 11 is 1.32. The highest BCUT2D eigenvalue weighted by Gasteiger charge is 2.26. The number of fused-ring (bicyclic) bond motifs is 2. The molecule has 3 heterocycles. The van der Waals surface area contributed by atoms with E-state index < -0.39 is 0 Å². The molecule has 2 amide bonds. The van der Waals surface area contributed by atoms with Crippen molar-refractivity contribution in [3.05, 3.63) is 81.6 Å². The number of carbonyl (C=O) groups excluding carboxylic acids is 2. The van der Waals surface area contributed by atoms with Gasteiger partial charge in [0.05, 0.1) is 29.8 Å². The Balaban J connectivity index is 1.15. The molecule has 0 saturated heterocycles. The molecule has 4 N–H and O–H groups in total. The molecule has 0 unspecified atom stereocenters. The molecule has 0 atom stereocenters. The molecule has 0 bridgehead atoms. The zero-order valence-electron chi connectivity index (χ0n) is 22.8. The molecule has 0 fully saturated rings. The van der Waals surface area contributed by atoms with Gasteiger partial charge in [0, 0.05) is 44.8 Å². The molecule has 1 aliphatic carbocycles. The molecule has 2 aliphatic rings. The van der Waals surface area contributed by atoms with Crippen molar-refractivity contribution in [2.24, 2.45) is 0 Å². The van der Waals surface area contributed by atoms with Crippen LogP contribution in [0.1, 0.15) is 49.0 Å². The second-order valence-corrected chi connectivity index (χ2v) is 11.3. The molecule has 0 saturated carbocycles. The van der Waals surface area contributed by atoms with Crippen molar-refractivity contribution in [3.8, 4) is 0 Å². The molecule has 2 aromatic heterocycles. The van der Waals surface area contributed by atoms with Gasteiger partial charge in [0.25, 0.3) is 11.8 Å². The van der Waals surface area contributed by atoms with E-state index in [-0.39, 0.29) is 17.9 Å². The maximum atomic E-state index is 13.4. The lowest BCUT2D eigenvalue weighted by molar-refractivity contribution is 0.0731. The second-order valence-electron chi connectivity index (χ2n) is 10.2. The van der Waals surface area contributed by atoms with E-state index in [9.17, 15) is 9.59 Å². The Morgan fingerprint density at radius 1 is 1.10 bits per heavy atom. The van der Waals surface area contributed by atoms with Gasteiger partial charge in [-0.25, -0.2) is 4.98 Å². The van der Waals surface area contributed by atoms with Crippen LogP contribution in [0.3, 0.4) is 0 Å². The lowest BCUT2D eigenvalue weighted by Crippen LogP contribution is -2.36. The summed E-state index contributed by atoms with van der Waals surface area (Å²) in [5.41, 5.74) is 6.14. The number of nitrogens with zero attached hydrogens (tertiary/aromatic N) is 4. The monoisotopic (exact) mass is 572 g/mol. The van der Waals surface area contributed by atoms with Crippen molar-refractivity contribution in [1.82, 2.24) is 25.3 Å². The number of hydrogen-bond acceptors (Lipinski definition) is 9. The van der Waals surface area contributed by atoms with E-state index in [0.717, 1.165) is 36.3 Å². The van der Waals surface area contributed by atoms with Crippen LogP contribution in [-0.2, 0) is 30.5 Å². The molecule has 0 spiro atoms. The van der Waals surface area contributed by atoms with Crippen LogP contribution in [0.5, 0.6) is 0 Å². The number of aromatic amines is 1. The Hall–Kier alpha value is -4.29. The fourth-order valence-corrected chi connectivity index (χ4v) is 6.09. The largest absolute Gasteiger partial charge is 0.385 e. The van der Waals surface area contributed by atoms with E-state index in [1.807, 2.05) is 6.07 Å². The van der Waals surface area contributed by atoms with E-state index in [1.54, 1.807) is 30.3 Å². The van der Waals surface area contributed by atoms with Gasteiger partial charge < -0.3 is 25.6 Å². The third kappa shape index (κ3) is 6.08. The van der Waals surface area contributed by atoms with E-state index in [2.05, 4.69) is 60.6 Å². The first kappa shape index (κ1) is 26.9. The summed E-state index contributed by atoms with van der Waals surface area (Å²) in [7, 11) is 1.67. The van der Waals surface area contributed by atoms with Crippen molar-refractivity contribution >= 4 is 39.7 Å². The third-order valence-corrected chi connectivity index (χ3v) is 8.34. The highest BCUT2D eigenvalue weighted by molar-refractivity contribution is 7.17. The van der Waals surface area contributed by atoms with Crippen LogP contribution in [-0.4, -0.2) is 70.0 Å². The average molecular weight is 573 g/mol. The summed E-state index contributed by atoms with van der Waals surface area (Å²) in [5, 5.41) is 21.5. The number of aromatic nitrogens is 4. The van der Waals surface area contributed by atoms with Gasteiger partial charge in [-0.1, -0.05) is 35.6 Å². The van der Waals surface area contributed by atoms with Crippen LogP contribution in [0.4, 0.5) is 16.5 Å². The number of nitrogens with one attached hydrogen (secondary N) is 4. The maximum absolute atomic E-state index is 13.4. The summed E-state index contributed by atoms with van der Waals surface area (Å²) in [5.74, 6) is -0.401. The first-order valence-corrected chi connectivity index (χ1v) is 14.5. The number of anilines is 3. The third-order valence-electron chi connectivity index (χ3n) is 7.41. The number of benzene rings is 2. The van der Waals surface area contributed by atoms with E-state index in [4.69, 9.17) is 4.74 Å². The summed E-state index contributed by atoms with van der Waals surface area (Å²) in [6.45, 7) is 2.22. The number of methoxy groups -OCH3 is 1. The quantitative estimate of drug-likeness (QED) is 0.211. The fourth-order valence-electron chi connectivity index (χ4n) is 5.30. The van der Waals surface area contributed by atoms with Crippen LogP contribution in [0.2, 0.25) is 0 Å². The Kier molecular flexibility index (Phi) is 7.92. The van der Waals surface area contributed by atoms with Crippen molar-refractivity contribution < 1.29 is 14.3 Å². The normalized spacial score (nSPS) is 14.4. The van der Waals surface area contributed by atoms with Gasteiger partial charge in [0.1, 0.15) is 10.6 Å². The van der Waals surface area contributed by atoms with Crippen LogP contribution in [0.25, 0.3) is 0 Å². The van der Waals surface area contributed by atoms with Crippen LogP contribution in [0, 0.1) is 0 Å². The maximum Gasteiger partial charge on any atom is 0.267 e. The zero-order chi connectivity index (χ0) is 28.2. The molecule has 212 valence electrons. The lowest BCUT2D eigenvalue weighted by Gasteiger charge is -2.26. The Morgan fingerprint density at radius 3 is 2.71 bits per heavy atom. The number of rotatable bonds is 10. The van der Waals surface area contributed by atoms with Gasteiger partial charge >= 0.3 is 0 Å². The molecule has 1 aliphatic heterocycles. The summed E-state index contributed by atoms with van der Waals surface area (Å²) in [4.78, 5) is 33.4. The Morgan fingerprint density at radius 2 is 1.90 bits per heavy atom. The molecule has 6 rings (SSSR count). The minimum Gasteiger partial charge on any atom is -0.385 e. The highest BCUT2D eigenvalue weighted by Crippen LogP contribution is 2.29. The van der Waals surface area contributed by atoms with Crippen LogP contribution < -0.4 is 16.0 Å². The number of carbonyl (C=O) groups is 2. The number of ether oxygens (including phenoxy) is 1. The van der Waals surface area contributed by atoms with Gasteiger partial charge in [-0.15, -0.1) is 0 Å². The number of H-pyrrole nitrogens is 1. The molecule has 0 radical (unpaired) electrons. The van der Waals surface area contributed by atoms with Crippen molar-refractivity contribution in [3.63, 3.8) is 0 Å². The highest BCUT2D eigenvalue weighted by atomic mass is 32.1.